The molecular formula is C23H18ClN5O3S. The van der Waals surface area contributed by atoms with E-state index in [9.17, 15) is 10.1 Å². The molecule has 1 aliphatic heterocycles. The minimum atomic E-state index is -0.151. The number of amides is 1. The molecule has 166 valence electrons. The van der Waals surface area contributed by atoms with Gasteiger partial charge in [-0.05, 0) is 37.1 Å². The molecule has 8 nitrogen and oxygen atoms in total. The van der Waals surface area contributed by atoms with E-state index in [0.717, 1.165) is 11.3 Å². The number of hydrogen-bond donors (Lipinski definition) is 1. The summed E-state index contributed by atoms with van der Waals surface area (Å²) in [5, 5.41) is 15.5. The fourth-order valence-electron chi connectivity index (χ4n) is 3.74. The number of carbonyl (C=O) groups is 1. The van der Waals surface area contributed by atoms with E-state index in [0.29, 0.717) is 47.7 Å². The predicted molar refractivity (Wildman–Crippen MR) is 125 cm³/mol. The van der Waals surface area contributed by atoms with Crippen LogP contribution in [0, 0.1) is 17.2 Å². The summed E-state index contributed by atoms with van der Waals surface area (Å²) in [5.41, 5.74) is 1.95. The average molecular weight is 480 g/mol. The second kappa shape index (κ2) is 9.10. The van der Waals surface area contributed by atoms with Crippen molar-refractivity contribution >= 4 is 39.9 Å². The molecule has 33 heavy (non-hydrogen) atoms. The first-order valence-corrected chi connectivity index (χ1v) is 11.6. The van der Waals surface area contributed by atoms with Crippen LogP contribution in [0.25, 0.3) is 22.9 Å². The van der Waals surface area contributed by atoms with E-state index in [1.54, 1.807) is 12.1 Å². The van der Waals surface area contributed by atoms with Gasteiger partial charge in [-0.15, -0.1) is 11.3 Å². The Balaban J connectivity index is 1.21. The second-order valence-electron chi connectivity index (χ2n) is 7.56. The van der Waals surface area contributed by atoms with Crippen molar-refractivity contribution in [3.8, 4) is 29.0 Å². The van der Waals surface area contributed by atoms with Gasteiger partial charge in [-0.2, -0.15) is 10.2 Å². The summed E-state index contributed by atoms with van der Waals surface area (Å²) < 4.78 is 11.1. The Labute approximate surface area is 198 Å². The third-order valence-electron chi connectivity index (χ3n) is 5.47. The summed E-state index contributed by atoms with van der Waals surface area (Å²) in [6, 6.07) is 13.0. The average Bonchev–Trinajstić information content (AvgIpc) is 3.60. The van der Waals surface area contributed by atoms with Crippen LogP contribution in [0.2, 0.25) is 5.02 Å². The van der Waals surface area contributed by atoms with Crippen molar-refractivity contribution in [2.75, 3.05) is 23.3 Å². The number of aromatic nitrogens is 2. The van der Waals surface area contributed by atoms with Gasteiger partial charge in [0.25, 0.3) is 5.89 Å². The summed E-state index contributed by atoms with van der Waals surface area (Å²) in [7, 11) is 0. The maximum Gasteiger partial charge on any atom is 0.266 e. The van der Waals surface area contributed by atoms with Crippen LogP contribution >= 0.6 is 22.9 Å². The fraction of sp³-hybridized carbons (Fsp3) is 0.217. The Morgan fingerprint density at radius 2 is 2.00 bits per heavy atom. The van der Waals surface area contributed by atoms with Crippen molar-refractivity contribution in [1.29, 1.82) is 5.26 Å². The quantitative estimate of drug-likeness (QED) is 0.406. The van der Waals surface area contributed by atoms with E-state index in [1.165, 1.54) is 17.6 Å². The van der Waals surface area contributed by atoms with Gasteiger partial charge in [0.15, 0.2) is 10.9 Å². The summed E-state index contributed by atoms with van der Waals surface area (Å²) in [6.45, 7) is 1.15. The third-order valence-corrected chi connectivity index (χ3v) is 6.48. The second-order valence-corrected chi connectivity index (χ2v) is 8.85. The third kappa shape index (κ3) is 4.49. The van der Waals surface area contributed by atoms with Gasteiger partial charge in [-0.3, -0.25) is 4.79 Å². The van der Waals surface area contributed by atoms with Crippen LogP contribution in [0.3, 0.4) is 0 Å². The molecule has 1 aromatic carbocycles. The van der Waals surface area contributed by atoms with Gasteiger partial charge in [0.2, 0.25) is 17.5 Å². The number of benzene rings is 1. The van der Waals surface area contributed by atoms with E-state index in [2.05, 4.69) is 21.4 Å². The molecule has 0 atom stereocenters. The number of carbonyl (C=O) groups excluding carboxylic acids is 1. The maximum atomic E-state index is 12.8. The molecule has 3 aromatic heterocycles. The van der Waals surface area contributed by atoms with Gasteiger partial charge in [0.05, 0.1) is 12.0 Å². The number of anilines is 2. The summed E-state index contributed by atoms with van der Waals surface area (Å²) in [4.78, 5) is 23.5. The zero-order chi connectivity index (χ0) is 22.8. The molecule has 1 amide bonds. The van der Waals surface area contributed by atoms with Crippen molar-refractivity contribution in [3.63, 3.8) is 0 Å². The normalized spacial score (nSPS) is 14.2. The fourth-order valence-corrected chi connectivity index (χ4v) is 4.59. The largest absolute Gasteiger partial charge is 0.459 e. The Morgan fingerprint density at radius 1 is 1.21 bits per heavy atom. The molecule has 0 unspecified atom stereocenters. The first kappa shape index (κ1) is 21.2. The van der Waals surface area contributed by atoms with Crippen LogP contribution in [0.1, 0.15) is 18.5 Å². The lowest BCUT2D eigenvalue weighted by Crippen LogP contribution is -2.38. The molecule has 1 fully saturated rings. The lowest BCUT2D eigenvalue weighted by atomic mass is 9.96. The highest BCUT2D eigenvalue weighted by Gasteiger charge is 2.29. The summed E-state index contributed by atoms with van der Waals surface area (Å²) >= 11 is 7.33. The van der Waals surface area contributed by atoms with Gasteiger partial charge in [-0.1, -0.05) is 23.7 Å². The van der Waals surface area contributed by atoms with E-state index < -0.39 is 0 Å². The highest BCUT2D eigenvalue weighted by Crippen LogP contribution is 2.32. The molecule has 10 heteroatoms. The lowest BCUT2D eigenvalue weighted by Gasteiger charge is -2.30. The minimum Gasteiger partial charge on any atom is -0.459 e. The number of nitrogens with zero attached hydrogens (tertiary/aromatic N) is 4. The number of piperidine rings is 1. The van der Waals surface area contributed by atoms with E-state index in [-0.39, 0.29) is 23.4 Å². The number of oxazole rings is 1. The van der Waals surface area contributed by atoms with Gasteiger partial charge in [-0.25, -0.2) is 4.98 Å². The SMILES string of the molecule is N#Cc1nc(-c2ccco2)oc1N1CCC(C(=O)Nc2nc(-c3ccc(Cl)cc3)cs2)CC1. The molecular weight excluding hydrogens is 462 g/mol. The number of nitrogens with one attached hydrogen (secondary N) is 1. The number of rotatable bonds is 5. The Morgan fingerprint density at radius 3 is 2.70 bits per heavy atom. The van der Waals surface area contributed by atoms with Gasteiger partial charge >= 0.3 is 0 Å². The topological polar surface area (TPSA) is 108 Å². The number of nitriles is 1. The Bertz CT molecular complexity index is 1300. The van der Waals surface area contributed by atoms with Crippen molar-refractivity contribution < 1.29 is 13.6 Å². The van der Waals surface area contributed by atoms with Crippen LogP contribution in [0.4, 0.5) is 11.0 Å². The van der Waals surface area contributed by atoms with E-state index in [1.807, 2.05) is 34.5 Å². The van der Waals surface area contributed by atoms with Crippen LogP contribution in [0.15, 0.2) is 56.9 Å². The van der Waals surface area contributed by atoms with Crippen molar-refractivity contribution in [2.24, 2.45) is 5.92 Å². The minimum absolute atomic E-state index is 0.0546. The maximum absolute atomic E-state index is 12.8. The molecule has 0 aliphatic carbocycles. The highest BCUT2D eigenvalue weighted by molar-refractivity contribution is 7.14. The number of thiazole rings is 1. The number of halogens is 1. The predicted octanol–water partition coefficient (Wildman–Crippen LogP) is 5.44. The number of furan rings is 1. The zero-order valence-electron chi connectivity index (χ0n) is 17.3. The van der Waals surface area contributed by atoms with Crippen LogP contribution in [-0.2, 0) is 4.79 Å². The summed E-state index contributed by atoms with van der Waals surface area (Å²) in [5.74, 6) is 0.943. The molecule has 0 bridgehead atoms. The first-order chi connectivity index (χ1) is 16.1. The summed E-state index contributed by atoms with van der Waals surface area (Å²) in [6.07, 6.45) is 2.78. The monoisotopic (exact) mass is 479 g/mol. The van der Waals surface area contributed by atoms with Crippen LogP contribution < -0.4 is 10.2 Å². The van der Waals surface area contributed by atoms with Crippen LogP contribution in [-0.4, -0.2) is 29.0 Å². The van der Waals surface area contributed by atoms with Crippen molar-refractivity contribution in [1.82, 2.24) is 9.97 Å². The van der Waals surface area contributed by atoms with Gasteiger partial charge in [0.1, 0.15) is 6.07 Å². The molecule has 0 saturated carbocycles. The van der Waals surface area contributed by atoms with Crippen LogP contribution in [0.5, 0.6) is 0 Å². The zero-order valence-corrected chi connectivity index (χ0v) is 18.9. The molecule has 5 rings (SSSR count). The van der Waals surface area contributed by atoms with Crippen molar-refractivity contribution in [2.45, 2.75) is 12.8 Å². The van der Waals surface area contributed by atoms with Crippen molar-refractivity contribution in [3.05, 3.63) is 58.8 Å². The molecule has 1 saturated heterocycles. The molecule has 4 heterocycles. The molecule has 1 N–H and O–H groups in total. The Kier molecular flexibility index (Phi) is 5.86. The lowest BCUT2D eigenvalue weighted by molar-refractivity contribution is -0.120. The molecule has 0 radical (unpaired) electrons. The first-order valence-electron chi connectivity index (χ1n) is 10.3. The smallest absolute Gasteiger partial charge is 0.266 e. The Hall–Kier alpha value is -3.61. The molecule has 4 aromatic rings. The number of hydrogen-bond acceptors (Lipinski definition) is 8. The van der Waals surface area contributed by atoms with Gasteiger partial charge < -0.3 is 19.1 Å². The standard InChI is InChI=1S/C23H18ClN5O3S/c24-16-5-3-14(4-6-16)18-13-33-23(27-18)28-20(30)15-7-9-29(10-8-15)22-17(12-25)26-21(32-22)19-2-1-11-31-19/h1-6,11,13,15H,7-10H2,(H,27,28,30). The molecule has 0 spiro atoms. The molecule has 1 aliphatic rings. The van der Waals surface area contributed by atoms with E-state index >= 15 is 0 Å². The van der Waals surface area contributed by atoms with Gasteiger partial charge in [0, 0.05) is 35.0 Å². The van der Waals surface area contributed by atoms with E-state index in [4.69, 9.17) is 20.4 Å². The highest BCUT2D eigenvalue weighted by atomic mass is 35.5.